The summed E-state index contributed by atoms with van der Waals surface area (Å²) in [5.74, 6) is 3.90. The summed E-state index contributed by atoms with van der Waals surface area (Å²) in [5, 5.41) is 15.5. The molecule has 2 aromatic heterocycles. The Morgan fingerprint density at radius 2 is 2.03 bits per heavy atom. The lowest BCUT2D eigenvalue weighted by atomic mass is 9.88. The van der Waals surface area contributed by atoms with Gasteiger partial charge in [-0.2, -0.15) is 4.98 Å². The van der Waals surface area contributed by atoms with Crippen molar-refractivity contribution < 1.29 is 13.7 Å². The van der Waals surface area contributed by atoms with Crippen molar-refractivity contribution >= 4 is 44.8 Å². The van der Waals surface area contributed by atoms with Crippen molar-refractivity contribution in [2.24, 2.45) is 5.92 Å². The van der Waals surface area contributed by atoms with Crippen LogP contribution in [0.4, 0.5) is 27.7 Å². The molecule has 10 heteroatoms. The van der Waals surface area contributed by atoms with Gasteiger partial charge in [-0.25, -0.2) is 14.4 Å². The second-order valence-electron chi connectivity index (χ2n) is 11.4. The molecule has 0 aliphatic carbocycles. The lowest BCUT2D eigenvalue weighted by Gasteiger charge is -2.48. The largest absolute Gasteiger partial charge is 0.390 e. The highest BCUT2D eigenvalue weighted by Gasteiger charge is 2.40. The van der Waals surface area contributed by atoms with Crippen LogP contribution < -0.4 is 15.1 Å². The number of nitrogens with one attached hydrogen (secondary N) is 1. The molecule has 0 amide bonds. The zero-order chi connectivity index (χ0) is 27.9. The predicted octanol–water partition coefficient (Wildman–Crippen LogP) is 4.78. The molecule has 1 aromatic carbocycles. The van der Waals surface area contributed by atoms with Gasteiger partial charge in [-0.05, 0) is 55.3 Å². The summed E-state index contributed by atoms with van der Waals surface area (Å²) in [4.78, 5) is 17.9. The van der Waals surface area contributed by atoms with E-state index in [4.69, 9.17) is 4.98 Å². The molecular weight excluding hydrogens is 515 g/mol. The molecule has 3 aromatic rings. The van der Waals surface area contributed by atoms with Crippen LogP contribution in [0.25, 0.3) is 10.8 Å². The normalized spacial score (nSPS) is 26.1. The van der Waals surface area contributed by atoms with Crippen LogP contribution in [0.15, 0.2) is 36.7 Å². The van der Waals surface area contributed by atoms with Gasteiger partial charge in [0, 0.05) is 70.8 Å². The average molecular weight is 555 g/mol. The van der Waals surface area contributed by atoms with Crippen LogP contribution in [-0.4, -0.2) is 73.2 Å². The number of benzene rings is 1. The fourth-order valence-corrected chi connectivity index (χ4v) is 6.73. The number of nitrogens with zero attached hydrogens (tertiary/aromatic N) is 5. The lowest BCUT2D eigenvalue weighted by molar-refractivity contribution is -0.00860. The van der Waals surface area contributed by atoms with Gasteiger partial charge in [-0.3, -0.25) is 4.21 Å². The van der Waals surface area contributed by atoms with Gasteiger partial charge in [0.2, 0.25) is 5.95 Å². The first kappa shape index (κ1) is 27.7. The summed E-state index contributed by atoms with van der Waals surface area (Å²) >= 11 is 0. The minimum absolute atomic E-state index is 0.0382. The zero-order valence-electron chi connectivity index (χ0n) is 23.4. The maximum atomic E-state index is 14.7. The van der Waals surface area contributed by atoms with Crippen LogP contribution in [0.2, 0.25) is 0 Å². The molecule has 0 bridgehead atoms. The second-order valence-corrected chi connectivity index (χ2v) is 13.2. The summed E-state index contributed by atoms with van der Waals surface area (Å²) in [6.07, 6.45) is 2.92. The summed E-state index contributed by atoms with van der Waals surface area (Å²) in [7, 11) is -0.757. The summed E-state index contributed by atoms with van der Waals surface area (Å²) in [6.45, 7) is 11.4. The van der Waals surface area contributed by atoms with Gasteiger partial charge in [0.1, 0.15) is 11.6 Å². The standard InChI is InChI=1S/C29H39FN6O2S/c1-6-39(38)16-20-15-36(19(20)4)24-8-7-21(18(2)3)22-13-27(32-14-23(22)24)33-26-9-11-31-28(34-26)35-12-10-25(37)29(5,30)17-35/h7-9,11,13-14,18-20,25,37H,6,10,12,15-17H2,1-5H3,(H,31,32,33,34)/t19-,20-,25-,29+,39-/m0/s1. The third-order valence-corrected chi connectivity index (χ3v) is 9.66. The topological polar surface area (TPSA) is 94.5 Å². The van der Waals surface area contributed by atoms with Gasteiger partial charge in [-0.15, -0.1) is 0 Å². The first-order valence-corrected chi connectivity index (χ1v) is 15.3. The van der Waals surface area contributed by atoms with Crippen LogP contribution in [0.1, 0.15) is 52.5 Å². The Hall–Kier alpha value is -2.85. The molecule has 5 atom stereocenters. The van der Waals surface area contributed by atoms with Gasteiger partial charge in [-0.1, -0.05) is 26.8 Å². The summed E-state index contributed by atoms with van der Waals surface area (Å²) in [5.41, 5.74) is 0.690. The number of halogens is 1. The first-order chi connectivity index (χ1) is 18.6. The van der Waals surface area contributed by atoms with E-state index < -0.39 is 22.6 Å². The smallest absolute Gasteiger partial charge is 0.227 e. The average Bonchev–Trinajstić information content (AvgIpc) is 2.91. The number of aliphatic hydroxyl groups excluding tert-OH is 1. The van der Waals surface area contributed by atoms with Gasteiger partial charge in [0.25, 0.3) is 0 Å². The van der Waals surface area contributed by atoms with Crippen molar-refractivity contribution in [3.8, 4) is 0 Å². The minimum atomic E-state index is -1.71. The SMILES string of the molecule is CC[S@](=O)C[C@@H]1CN(c2ccc(C(C)C)c3cc(Nc4ccnc(N5CC[C@H](O)[C@](C)(F)C5)n4)ncc23)[C@H]1C. The first-order valence-electron chi connectivity index (χ1n) is 13.8. The molecule has 2 aliphatic heterocycles. The Bertz CT molecular complexity index is 1370. The van der Waals surface area contributed by atoms with Crippen molar-refractivity contribution in [1.82, 2.24) is 15.0 Å². The van der Waals surface area contributed by atoms with Crippen LogP contribution in [0, 0.1) is 5.92 Å². The van der Waals surface area contributed by atoms with Crippen molar-refractivity contribution in [3.63, 3.8) is 0 Å². The number of piperidine rings is 1. The fraction of sp³-hybridized carbons (Fsp3) is 0.552. The minimum Gasteiger partial charge on any atom is -0.390 e. The van der Waals surface area contributed by atoms with E-state index in [9.17, 15) is 13.7 Å². The molecule has 0 radical (unpaired) electrons. The van der Waals surface area contributed by atoms with E-state index in [-0.39, 0.29) is 6.54 Å². The van der Waals surface area contributed by atoms with E-state index in [0.717, 1.165) is 28.8 Å². The number of fused-ring (bicyclic) bond motifs is 1. The third-order valence-electron chi connectivity index (χ3n) is 8.22. The number of anilines is 4. The van der Waals surface area contributed by atoms with Gasteiger partial charge in [0.15, 0.2) is 5.67 Å². The zero-order valence-corrected chi connectivity index (χ0v) is 24.2. The molecule has 0 saturated carbocycles. The summed E-state index contributed by atoms with van der Waals surface area (Å²) < 4.78 is 26.9. The monoisotopic (exact) mass is 554 g/mol. The maximum Gasteiger partial charge on any atom is 0.227 e. The van der Waals surface area contributed by atoms with Crippen molar-refractivity contribution in [2.75, 3.05) is 46.3 Å². The molecule has 5 rings (SSSR count). The van der Waals surface area contributed by atoms with Crippen molar-refractivity contribution in [1.29, 1.82) is 0 Å². The number of pyridine rings is 1. The number of rotatable bonds is 8. The number of aromatic nitrogens is 3. The molecule has 0 unspecified atom stereocenters. The Kier molecular flexibility index (Phi) is 7.79. The third kappa shape index (κ3) is 5.59. The molecule has 4 heterocycles. The molecule has 210 valence electrons. The number of aliphatic hydroxyl groups is 1. The molecule has 8 nitrogen and oxygen atoms in total. The molecule has 2 saturated heterocycles. The molecule has 2 N–H and O–H groups in total. The highest BCUT2D eigenvalue weighted by Crippen LogP contribution is 2.39. The Labute approximate surface area is 232 Å². The highest BCUT2D eigenvalue weighted by atomic mass is 32.2. The van der Waals surface area contributed by atoms with E-state index >= 15 is 0 Å². The Balaban J connectivity index is 1.40. The van der Waals surface area contributed by atoms with E-state index in [1.54, 1.807) is 17.2 Å². The van der Waals surface area contributed by atoms with Crippen molar-refractivity contribution in [2.45, 2.75) is 64.8 Å². The predicted molar refractivity (Wildman–Crippen MR) is 157 cm³/mol. The van der Waals surface area contributed by atoms with Crippen LogP contribution >= 0.6 is 0 Å². The van der Waals surface area contributed by atoms with Crippen LogP contribution in [-0.2, 0) is 10.8 Å². The molecule has 2 fully saturated rings. The molecule has 0 spiro atoms. The van der Waals surface area contributed by atoms with Gasteiger partial charge >= 0.3 is 0 Å². The summed E-state index contributed by atoms with van der Waals surface area (Å²) in [6, 6.07) is 8.57. The Morgan fingerprint density at radius 3 is 2.72 bits per heavy atom. The van der Waals surface area contributed by atoms with Crippen LogP contribution in [0.3, 0.4) is 0 Å². The second kappa shape index (κ2) is 11.0. The highest BCUT2D eigenvalue weighted by molar-refractivity contribution is 7.84. The van der Waals surface area contributed by atoms with E-state index in [1.165, 1.54) is 12.5 Å². The van der Waals surface area contributed by atoms with Gasteiger partial charge in [0.05, 0.1) is 12.6 Å². The lowest BCUT2D eigenvalue weighted by Crippen LogP contribution is -2.56. The maximum absolute atomic E-state index is 14.7. The quantitative estimate of drug-likeness (QED) is 0.411. The van der Waals surface area contributed by atoms with Gasteiger partial charge < -0.3 is 20.2 Å². The Morgan fingerprint density at radius 1 is 1.23 bits per heavy atom. The molecule has 39 heavy (non-hydrogen) atoms. The number of hydrogen-bond donors (Lipinski definition) is 2. The van der Waals surface area contributed by atoms with E-state index in [1.807, 2.05) is 13.1 Å². The van der Waals surface area contributed by atoms with Crippen LogP contribution in [0.5, 0.6) is 0 Å². The molecule has 2 aliphatic rings. The fourth-order valence-electron chi connectivity index (χ4n) is 5.63. The molecular formula is C29H39FN6O2S. The van der Waals surface area contributed by atoms with E-state index in [0.29, 0.717) is 54.2 Å². The van der Waals surface area contributed by atoms with E-state index in [2.05, 4.69) is 59.2 Å². The number of hydrogen-bond acceptors (Lipinski definition) is 8. The number of alkyl halides is 1. The van der Waals surface area contributed by atoms with Crippen molar-refractivity contribution in [3.05, 3.63) is 42.2 Å².